The smallest absolute Gasteiger partial charge is 0.153 e. The molecule has 0 aromatic carbocycles. The molecular formula is C14H32N2O8. The normalized spacial score (nSPS) is 14.5. The summed E-state index contributed by atoms with van der Waals surface area (Å²) in [5.74, 6) is 0. The van der Waals surface area contributed by atoms with Crippen LogP contribution in [0.2, 0.25) is 0 Å². The van der Waals surface area contributed by atoms with Crippen LogP contribution in [0.25, 0.3) is 0 Å². The fourth-order valence-corrected chi connectivity index (χ4v) is 1.80. The number of hydrogen-bond donors (Lipinski definition) is 8. The summed E-state index contributed by atoms with van der Waals surface area (Å²) in [6, 6.07) is 0. The van der Waals surface area contributed by atoms with Crippen LogP contribution in [0.3, 0.4) is 0 Å². The quantitative estimate of drug-likeness (QED) is 0.0961. The van der Waals surface area contributed by atoms with Gasteiger partial charge in [0.25, 0.3) is 0 Å². The van der Waals surface area contributed by atoms with E-state index in [1.54, 1.807) is 0 Å². The molecule has 2 unspecified atom stereocenters. The van der Waals surface area contributed by atoms with E-state index < -0.39 is 24.8 Å². The van der Waals surface area contributed by atoms with Crippen LogP contribution in [0.5, 0.6) is 0 Å². The molecule has 10 nitrogen and oxygen atoms in total. The first-order chi connectivity index (χ1) is 11.4. The van der Waals surface area contributed by atoms with Crippen LogP contribution in [-0.4, -0.2) is 108 Å². The van der Waals surface area contributed by atoms with Gasteiger partial charge in [0.15, 0.2) is 12.6 Å². The molecule has 0 fully saturated rings. The molecular weight excluding hydrogens is 324 g/mol. The van der Waals surface area contributed by atoms with Crippen molar-refractivity contribution >= 4 is 0 Å². The van der Waals surface area contributed by atoms with Crippen molar-refractivity contribution in [3.63, 3.8) is 0 Å². The second-order valence-electron chi connectivity index (χ2n) is 5.37. The van der Waals surface area contributed by atoms with Gasteiger partial charge in [-0.25, -0.2) is 0 Å². The lowest BCUT2D eigenvalue weighted by molar-refractivity contribution is -0.0702. The molecule has 0 spiro atoms. The Morgan fingerprint density at radius 2 is 0.958 bits per heavy atom. The molecule has 0 aliphatic rings. The lowest BCUT2D eigenvalue weighted by atomic mass is 10.2. The minimum Gasteiger partial charge on any atom is -0.392 e. The van der Waals surface area contributed by atoms with E-state index in [-0.39, 0.29) is 25.9 Å². The highest BCUT2D eigenvalue weighted by molar-refractivity contribution is 4.60. The molecule has 0 amide bonds. The molecule has 0 aliphatic heterocycles. The molecule has 0 aromatic heterocycles. The van der Waals surface area contributed by atoms with E-state index in [0.29, 0.717) is 39.5 Å². The fraction of sp³-hybridized carbons (Fsp3) is 1.00. The van der Waals surface area contributed by atoms with E-state index in [0.717, 1.165) is 0 Å². The summed E-state index contributed by atoms with van der Waals surface area (Å²) in [6.45, 7) is 3.36. The molecule has 0 radical (unpaired) electrons. The highest BCUT2D eigenvalue weighted by Crippen LogP contribution is 1.94. The Morgan fingerprint density at radius 1 is 0.583 bits per heavy atom. The van der Waals surface area contributed by atoms with Crippen molar-refractivity contribution in [2.45, 2.75) is 37.6 Å². The van der Waals surface area contributed by atoms with Crippen molar-refractivity contribution < 1.29 is 40.1 Å². The number of hydrogen-bond acceptors (Lipinski definition) is 10. The van der Waals surface area contributed by atoms with Crippen molar-refractivity contribution in [2.75, 3.05) is 52.6 Å². The van der Waals surface area contributed by atoms with E-state index in [2.05, 4.69) is 10.6 Å². The van der Waals surface area contributed by atoms with E-state index in [1.807, 2.05) is 0 Å². The monoisotopic (exact) mass is 356 g/mol. The van der Waals surface area contributed by atoms with Crippen LogP contribution in [0.4, 0.5) is 0 Å². The number of rotatable bonds is 17. The third kappa shape index (κ3) is 17.9. The van der Waals surface area contributed by atoms with Gasteiger partial charge < -0.3 is 50.7 Å². The minimum absolute atomic E-state index is 0.0899. The van der Waals surface area contributed by atoms with Crippen LogP contribution in [0.15, 0.2) is 0 Å². The maximum atomic E-state index is 9.35. The van der Waals surface area contributed by atoms with Crippen LogP contribution >= 0.6 is 0 Å². The van der Waals surface area contributed by atoms with Crippen LogP contribution in [0.1, 0.15) is 12.8 Å². The summed E-state index contributed by atoms with van der Waals surface area (Å²) in [5, 5.41) is 59.2. The van der Waals surface area contributed by atoms with Gasteiger partial charge in [0, 0.05) is 39.0 Å². The SMILES string of the molecule is OC(O)CC(O)CNCCOCCOCCNCC(O)CC(O)O. The van der Waals surface area contributed by atoms with E-state index in [9.17, 15) is 10.2 Å². The van der Waals surface area contributed by atoms with Crippen LogP contribution in [-0.2, 0) is 9.47 Å². The van der Waals surface area contributed by atoms with E-state index >= 15 is 0 Å². The molecule has 8 N–H and O–H groups in total. The summed E-state index contributed by atoms with van der Waals surface area (Å²) < 4.78 is 10.6. The lowest BCUT2D eigenvalue weighted by Crippen LogP contribution is -2.32. The van der Waals surface area contributed by atoms with Crippen molar-refractivity contribution in [3.05, 3.63) is 0 Å². The lowest BCUT2D eigenvalue weighted by Gasteiger charge is -2.13. The van der Waals surface area contributed by atoms with Crippen molar-refractivity contribution in [1.29, 1.82) is 0 Å². The van der Waals surface area contributed by atoms with Crippen molar-refractivity contribution in [3.8, 4) is 0 Å². The predicted octanol–water partition coefficient (Wildman–Crippen LogP) is -3.68. The predicted molar refractivity (Wildman–Crippen MR) is 85.1 cm³/mol. The molecule has 2 atom stereocenters. The second kappa shape index (κ2) is 16.1. The molecule has 24 heavy (non-hydrogen) atoms. The average molecular weight is 356 g/mol. The molecule has 0 aromatic rings. The minimum atomic E-state index is -1.51. The Morgan fingerprint density at radius 3 is 1.29 bits per heavy atom. The number of ether oxygens (including phenoxy) is 2. The molecule has 0 aliphatic carbocycles. The summed E-state index contributed by atoms with van der Waals surface area (Å²) >= 11 is 0. The van der Waals surface area contributed by atoms with E-state index in [4.69, 9.17) is 29.9 Å². The Labute approximate surface area is 142 Å². The number of nitrogens with one attached hydrogen (secondary N) is 2. The topological polar surface area (TPSA) is 164 Å². The first kappa shape index (κ1) is 23.6. The fourth-order valence-electron chi connectivity index (χ4n) is 1.80. The summed E-state index contributed by atoms with van der Waals surface area (Å²) in [7, 11) is 0. The standard InChI is InChI=1S/C14H32N2O8/c17-11(7-13(19)20)9-15-1-3-23-5-6-24-4-2-16-10-12(18)8-14(21)22/h11-22H,1-10H2. The third-order valence-electron chi connectivity index (χ3n) is 2.94. The summed E-state index contributed by atoms with van der Waals surface area (Å²) in [4.78, 5) is 0. The number of aliphatic hydroxyl groups excluding tert-OH is 4. The van der Waals surface area contributed by atoms with Crippen molar-refractivity contribution in [2.24, 2.45) is 0 Å². The molecule has 146 valence electrons. The maximum Gasteiger partial charge on any atom is 0.153 e. The van der Waals surface area contributed by atoms with Gasteiger partial charge in [0.2, 0.25) is 0 Å². The van der Waals surface area contributed by atoms with Gasteiger partial charge in [0.05, 0.1) is 38.6 Å². The molecule has 0 rings (SSSR count). The highest BCUT2D eigenvalue weighted by atomic mass is 16.5. The van der Waals surface area contributed by atoms with Crippen LogP contribution in [0, 0.1) is 0 Å². The average Bonchev–Trinajstić information content (AvgIpc) is 2.46. The van der Waals surface area contributed by atoms with Crippen LogP contribution < -0.4 is 10.6 Å². The largest absolute Gasteiger partial charge is 0.392 e. The Kier molecular flexibility index (Phi) is 15.8. The van der Waals surface area contributed by atoms with Gasteiger partial charge in [-0.05, 0) is 0 Å². The molecule has 10 heteroatoms. The number of aliphatic hydroxyl groups is 6. The first-order valence-corrected chi connectivity index (χ1v) is 8.07. The first-order valence-electron chi connectivity index (χ1n) is 8.07. The van der Waals surface area contributed by atoms with Gasteiger partial charge in [-0.1, -0.05) is 0 Å². The zero-order valence-electron chi connectivity index (χ0n) is 13.9. The summed E-state index contributed by atoms with van der Waals surface area (Å²) in [6.07, 6.45) is -4.80. The summed E-state index contributed by atoms with van der Waals surface area (Å²) in [5.41, 5.74) is 0. The van der Waals surface area contributed by atoms with Gasteiger partial charge in [-0.2, -0.15) is 0 Å². The second-order valence-corrected chi connectivity index (χ2v) is 5.37. The van der Waals surface area contributed by atoms with Gasteiger partial charge in [-0.3, -0.25) is 0 Å². The van der Waals surface area contributed by atoms with E-state index in [1.165, 1.54) is 0 Å². The Bertz CT molecular complexity index is 245. The maximum absolute atomic E-state index is 9.35. The highest BCUT2D eigenvalue weighted by Gasteiger charge is 2.08. The zero-order valence-corrected chi connectivity index (χ0v) is 13.9. The van der Waals surface area contributed by atoms with Gasteiger partial charge in [-0.15, -0.1) is 0 Å². The molecule has 0 saturated carbocycles. The molecule has 0 saturated heterocycles. The van der Waals surface area contributed by atoms with Crippen molar-refractivity contribution in [1.82, 2.24) is 10.6 Å². The molecule has 0 heterocycles. The third-order valence-corrected chi connectivity index (χ3v) is 2.94. The molecule has 0 bridgehead atoms. The van der Waals surface area contributed by atoms with Gasteiger partial charge in [0.1, 0.15) is 0 Å². The zero-order chi connectivity index (χ0) is 18.2. The Balaban J connectivity index is 3.18. The Hall–Kier alpha value is -0.400. The van der Waals surface area contributed by atoms with Gasteiger partial charge >= 0.3 is 0 Å².